The molecule has 0 bridgehead atoms. The Bertz CT molecular complexity index is 462. The van der Waals surface area contributed by atoms with Crippen LogP contribution in [0.4, 0.5) is 5.69 Å². The van der Waals surface area contributed by atoms with Crippen molar-refractivity contribution in [3.63, 3.8) is 0 Å². The summed E-state index contributed by atoms with van der Waals surface area (Å²) in [6, 6.07) is 5.68. The van der Waals surface area contributed by atoms with E-state index in [0.29, 0.717) is 12.8 Å². The van der Waals surface area contributed by atoms with Crippen molar-refractivity contribution in [3.05, 3.63) is 23.8 Å². The Kier molecular flexibility index (Phi) is 5.57. The van der Waals surface area contributed by atoms with E-state index in [1.165, 1.54) is 0 Å². The van der Waals surface area contributed by atoms with Crippen molar-refractivity contribution < 1.29 is 9.53 Å². The Morgan fingerprint density at radius 3 is 2.55 bits per heavy atom. The Labute approximate surface area is 121 Å². The number of anilines is 1. The molecule has 1 aromatic carbocycles. The predicted molar refractivity (Wildman–Crippen MR) is 83.1 cm³/mol. The SMILES string of the molecule is Cc1cc(OC(C)C)ccc1NC(=O)CCC(C)(C)N. The van der Waals surface area contributed by atoms with Crippen LogP contribution >= 0.6 is 0 Å². The molecule has 4 nitrogen and oxygen atoms in total. The Morgan fingerprint density at radius 1 is 1.40 bits per heavy atom. The molecule has 0 atom stereocenters. The van der Waals surface area contributed by atoms with Crippen molar-refractivity contribution in [1.29, 1.82) is 0 Å². The molecule has 0 saturated carbocycles. The van der Waals surface area contributed by atoms with Crippen LogP contribution in [0.3, 0.4) is 0 Å². The van der Waals surface area contributed by atoms with E-state index in [1.54, 1.807) is 0 Å². The summed E-state index contributed by atoms with van der Waals surface area (Å²) in [7, 11) is 0. The summed E-state index contributed by atoms with van der Waals surface area (Å²) in [6.45, 7) is 9.77. The van der Waals surface area contributed by atoms with Crippen LogP contribution in [-0.4, -0.2) is 17.6 Å². The first-order chi connectivity index (χ1) is 9.17. The number of amides is 1. The fraction of sp³-hybridized carbons (Fsp3) is 0.562. The van der Waals surface area contributed by atoms with Gasteiger partial charge in [-0.3, -0.25) is 4.79 Å². The number of benzene rings is 1. The minimum atomic E-state index is -0.318. The van der Waals surface area contributed by atoms with Crippen LogP contribution in [0.5, 0.6) is 5.75 Å². The van der Waals surface area contributed by atoms with Gasteiger partial charge in [-0.05, 0) is 64.8 Å². The molecule has 0 heterocycles. The monoisotopic (exact) mass is 278 g/mol. The molecule has 0 radical (unpaired) electrons. The van der Waals surface area contributed by atoms with Gasteiger partial charge in [-0.2, -0.15) is 0 Å². The topological polar surface area (TPSA) is 64.3 Å². The Hall–Kier alpha value is -1.55. The Balaban J connectivity index is 2.62. The lowest BCUT2D eigenvalue weighted by Gasteiger charge is -2.18. The van der Waals surface area contributed by atoms with E-state index in [9.17, 15) is 4.79 Å². The zero-order chi connectivity index (χ0) is 15.3. The molecule has 1 rings (SSSR count). The van der Waals surface area contributed by atoms with Gasteiger partial charge < -0.3 is 15.8 Å². The van der Waals surface area contributed by atoms with E-state index < -0.39 is 0 Å². The van der Waals surface area contributed by atoms with Crippen LogP contribution in [-0.2, 0) is 4.79 Å². The molecule has 0 aliphatic carbocycles. The molecule has 0 aromatic heterocycles. The van der Waals surface area contributed by atoms with Gasteiger partial charge in [-0.15, -0.1) is 0 Å². The fourth-order valence-electron chi connectivity index (χ4n) is 1.77. The molecule has 112 valence electrons. The summed E-state index contributed by atoms with van der Waals surface area (Å²) in [5, 5.41) is 2.91. The third kappa shape index (κ3) is 6.06. The molecule has 0 saturated heterocycles. The van der Waals surface area contributed by atoms with Crippen molar-refractivity contribution in [2.75, 3.05) is 5.32 Å². The fourth-order valence-corrected chi connectivity index (χ4v) is 1.77. The highest BCUT2D eigenvalue weighted by Gasteiger charge is 2.14. The highest BCUT2D eigenvalue weighted by molar-refractivity contribution is 5.91. The molecule has 20 heavy (non-hydrogen) atoms. The van der Waals surface area contributed by atoms with E-state index in [1.807, 2.05) is 52.8 Å². The molecule has 4 heteroatoms. The third-order valence-electron chi connectivity index (χ3n) is 2.84. The standard InChI is InChI=1S/C16H26N2O2/c1-11(2)20-13-6-7-14(12(3)10-13)18-15(19)8-9-16(4,5)17/h6-7,10-11H,8-9,17H2,1-5H3,(H,18,19). The number of aryl methyl sites for hydroxylation is 1. The number of rotatable bonds is 6. The maximum absolute atomic E-state index is 11.9. The molecular weight excluding hydrogens is 252 g/mol. The third-order valence-corrected chi connectivity index (χ3v) is 2.84. The van der Waals surface area contributed by atoms with E-state index in [2.05, 4.69) is 5.32 Å². The van der Waals surface area contributed by atoms with Gasteiger partial charge in [0, 0.05) is 17.6 Å². The Morgan fingerprint density at radius 2 is 2.05 bits per heavy atom. The number of carbonyl (C=O) groups excluding carboxylic acids is 1. The van der Waals surface area contributed by atoms with Crippen molar-refractivity contribution in [2.24, 2.45) is 5.73 Å². The highest BCUT2D eigenvalue weighted by atomic mass is 16.5. The van der Waals surface area contributed by atoms with Gasteiger partial charge >= 0.3 is 0 Å². The number of nitrogens with one attached hydrogen (secondary N) is 1. The summed E-state index contributed by atoms with van der Waals surface area (Å²) in [4.78, 5) is 11.9. The minimum absolute atomic E-state index is 0.0100. The molecule has 0 aliphatic heterocycles. The lowest BCUT2D eigenvalue weighted by atomic mass is 10.00. The second-order valence-electron chi connectivity index (χ2n) is 6.18. The molecule has 1 amide bonds. The maximum atomic E-state index is 11.9. The van der Waals surface area contributed by atoms with Crippen LogP contribution in [0.1, 0.15) is 46.1 Å². The maximum Gasteiger partial charge on any atom is 0.224 e. The first kappa shape index (κ1) is 16.5. The van der Waals surface area contributed by atoms with Gasteiger partial charge in [0.05, 0.1) is 6.10 Å². The van der Waals surface area contributed by atoms with Gasteiger partial charge in [0.1, 0.15) is 5.75 Å². The van der Waals surface area contributed by atoms with Crippen molar-refractivity contribution in [1.82, 2.24) is 0 Å². The van der Waals surface area contributed by atoms with Crippen LogP contribution in [0, 0.1) is 6.92 Å². The summed E-state index contributed by atoms with van der Waals surface area (Å²) >= 11 is 0. The second kappa shape index (κ2) is 6.75. The van der Waals surface area contributed by atoms with E-state index in [-0.39, 0.29) is 17.6 Å². The quantitative estimate of drug-likeness (QED) is 0.839. The molecule has 0 fully saturated rings. The number of ether oxygens (including phenoxy) is 1. The summed E-state index contributed by atoms with van der Waals surface area (Å²) in [5.41, 5.74) is 7.37. The van der Waals surface area contributed by atoms with Crippen LogP contribution in [0.25, 0.3) is 0 Å². The van der Waals surface area contributed by atoms with E-state index in [0.717, 1.165) is 17.0 Å². The molecule has 0 unspecified atom stereocenters. The van der Waals surface area contributed by atoms with Crippen LogP contribution in [0.15, 0.2) is 18.2 Å². The summed E-state index contributed by atoms with van der Waals surface area (Å²) in [6.07, 6.45) is 1.22. The molecule has 0 aliphatic rings. The first-order valence-electron chi connectivity index (χ1n) is 7.03. The van der Waals surface area contributed by atoms with Crippen LogP contribution in [0.2, 0.25) is 0 Å². The minimum Gasteiger partial charge on any atom is -0.491 e. The summed E-state index contributed by atoms with van der Waals surface area (Å²) in [5.74, 6) is 0.808. The summed E-state index contributed by atoms with van der Waals surface area (Å²) < 4.78 is 5.62. The number of hydrogen-bond acceptors (Lipinski definition) is 3. The average Bonchev–Trinajstić information content (AvgIpc) is 2.28. The average molecular weight is 278 g/mol. The molecule has 1 aromatic rings. The van der Waals surface area contributed by atoms with E-state index >= 15 is 0 Å². The zero-order valence-electron chi connectivity index (χ0n) is 13.1. The van der Waals surface area contributed by atoms with E-state index in [4.69, 9.17) is 10.5 Å². The normalized spacial score (nSPS) is 11.6. The number of carbonyl (C=O) groups is 1. The molecule has 0 spiro atoms. The zero-order valence-corrected chi connectivity index (χ0v) is 13.1. The lowest BCUT2D eigenvalue weighted by molar-refractivity contribution is -0.116. The van der Waals surface area contributed by atoms with Gasteiger partial charge in [0.25, 0.3) is 0 Å². The van der Waals surface area contributed by atoms with Crippen molar-refractivity contribution >= 4 is 11.6 Å². The first-order valence-corrected chi connectivity index (χ1v) is 7.03. The van der Waals surface area contributed by atoms with Gasteiger partial charge in [0.15, 0.2) is 0 Å². The van der Waals surface area contributed by atoms with Gasteiger partial charge in [-0.1, -0.05) is 0 Å². The largest absolute Gasteiger partial charge is 0.491 e. The lowest BCUT2D eigenvalue weighted by Crippen LogP contribution is -2.33. The van der Waals surface area contributed by atoms with Crippen molar-refractivity contribution in [3.8, 4) is 5.75 Å². The molecular formula is C16H26N2O2. The molecule has 3 N–H and O–H groups in total. The van der Waals surface area contributed by atoms with Gasteiger partial charge in [0.2, 0.25) is 5.91 Å². The van der Waals surface area contributed by atoms with Crippen molar-refractivity contribution in [2.45, 2.75) is 59.1 Å². The highest BCUT2D eigenvalue weighted by Crippen LogP contribution is 2.22. The number of hydrogen-bond donors (Lipinski definition) is 2. The second-order valence-corrected chi connectivity index (χ2v) is 6.18. The van der Waals surface area contributed by atoms with Gasteiger partial charge in [-0.25, -0.2) is 0 Å². The number of nitrogens with two attached hydrogens (primary N) is 1. The van der Waals surface area contributed by atoms with Crippen LogP contribution < -0.4 is 15.8 Å². The predicted octanol–water partition coefficient (Wildman–Crippen LogP) is 3.24. The smallest absolute Gasteiger partial charge is 0.224 e.